The fourth-order valence-electron chi connectivity index (χ4n) is 6.02. The minimum Gasteiger partial charge on any atom is -0.480 e. The molecule has 1 aliphatic heterocycles. The normalized spacial score (nSPS) is 16.8. The molecule has 5 rings (SSSR count). The van der Waals surface area contributed by atoms with E-state index in [0.717, 1.165) is 39.8 Å². The molecule has 0 spiro atoms. The molecule has 2 N–H and O–H groups in total. The number of benzene rings is 3. The van der Waals surface area contributed by atoms with Crippen molar-refractivity contribution in [3.05, 3.63) is 131 Å². The van der Waals surface area contributed by atoms with Crippen molar-refractivity contribution in [3.63, 3.8) is 0 Å². The number of hydrogen-bond donors (Lipinski definition) is 2. The monoisotopic (exact) mass is 620 g/mol. The Morgan fingerprint density at radius 1 is 0.978 bits per heavy atom. The van der Waals surface area contributed by atoms with Crippen molar-refractivity contribution in [2.45, 2.75) is 58.3 Å². The number of aromatic nitrogens is 1. The van der Waals surface area contributed by atoms with Gasteiger partial charge in [0.25, 0.3) is 5.91 Å². The van der Waals surface area contributed by atoms with Crippen LogP contribution < -0.4 is 10.2 Å². The van der Waals surface area contributed by atoms with Crippen molar-refractivity contribution >= 4 is 40.7 Å². The zero-order valence-corrected chi connectivity index (χ0v) is 26.3. The lowest BCUT2D eigenvalue weighted by atomic mass is 9.99. The topological polar surface area (TPSA) is 103 Å². The summed E-state index contributed by atoms with van der Waals surface area (Å²) >= 11 is 5.67. The highest BCUT2D eigenvalue weighted by Gasteiger charge is 2.48. The first-order valence-electron chi connectivity index (χ1n) is 15.0. The molecule has 0 bridgehead atoms. The number of aryl methyl sites for hydroxylation is 2. The molecule has 2 heterocycles. The van der Waals surface area contributed by atoms with Gasteiger partial charge in [-0.1, -0.05) is 85.9 Å². The summed E-state index contributed by atoms with van der Waals surface area (Å²) in [5.41, 5.74) is 5.96. The average molecular weight is 621 g/mol. The molecule has 1 aliphatic rings. The van der Waals surface area contributed by atoms with E-state index in [4.69, 9.17) is 12.2 Å². The lowest BCUT2D eigenvalue weighted by Gasteiger charge is -2.31. The standard InChI is InChI=1S/C36H36N4O4S/c1-4-27-14-8-10-23(2)32(27)33(45)38-30(36(43)44)20-25-15-17-29(18-16-25)40-34(28-12-6-5-7-13-28)39(24(3)41)31(35(40)42)21-26-11-9-19-37-22-26/h5-19,22,30-31,34H,4,20-21H2,1-3H3,(H,38,45)(H,43,44). The summed E-state index contributed by atoms with van der Waals surface area (Å²) in [5, 5.41) is 13.1. The van der Waals surface area contributed by atoms with Crippen LogP contribution in [0.5, 0.6) is 0 Å². The number of nitrogens with one attached hydrogen (secondary N) is 1. The maximum absolute atomic E-state index is 14.1. The number of carboxylic acid groups (broad SMARTS) is 1. The summed E-state index contributed by atoms with van der Waals surface area (Å²) in [4.78, 5) is 47.4. The number of rotatable bonds is 10. The van der Waals surface area contributed by atoms with Crippen LogP contribution in [-0.4, -0.2) is 49.8 Å². The molecular weight excluding hydrogens is 584 g/mol. The summed E-state index contributed by atoms with van der Waals surface area (Å²) in [5.74, 6) is -1.42. The molecule has 3 atom stereocenters. The zero-order chi connectivity index (χ0) is 32.1. The average Bonchev–Trinajstić information content (AvgIpc) is 3.33. The minimum absolute atomic E-state index is 0.183. The van der Waals surface area contributed by atoms with Crippen molar-refractivity contribution in [1.82, 2.24) is 15.2 Å². The van der Waals surface area contributed by atoms with Crippen LogP contribution in [0.1, 0.15) is 53.4 Å². The minimum atomic E-state index is -1.01. The predicted octanol–water partition coefficient (Wildman–Crippen LogP) is 5.42. The highest BCUT2D eigenvalue weighted by Crippen LogP contribution is 2.39. The molecular formula is C36H36N4O4S. The fourth-order valence-corrected chi connectivity index (χ4v) is 6.46. The Bertz CT molecular complexity index is 1700. The Balaban J connectivity index is 1.42. The van der Waals surface area contributed by atoms with E-state index in [1.54, 1.807) is 22.2 Å². The number of aliphatic carboxylic acids is 1. The lowest BCUT2D eigenvalue weighted by molar-refractivity contribution is -0.139. The summed E-state index contributed by atoms with van der Waals surface area (Å²) in [7, 11) is 0. The smallest absolute Gasteiger partial charge is 0.326 e. The predicted molar refractivity (Wildman–Crippen MR) is 178 cm³/mol. The Labute approximate surface area is 268 Å². The Morgan fingerprint density at radius 3 is 2.33 bits per heavy atom. The third kappa shape index (κ3) is 6.78. The molecule has 1 fully saturated rings. The molecule has 0 saturated carbocycles. The highest BCUT2D eigenvalue weighted by atomic mass is 32.1. The van der Waals surface area contributed by atoms with E-state index in [9.17, 15) is 19.5 Å². The first-order valence-corrected chi connectivity index (χ1v) is 15.4. The first kappa shape index (κ1) is 31.5. The maximum atomic E-state index is 14.1. The van der Waals surface area contributed by atoms with E-state index in [0.29, 0.717) is 17.1 Å². The number of carbonyl (C=O) groups excluding carboxylic acids is 2. The summed E-state index contributed by atoms with van der Waals surface area (Å²) in [6.07, 6.45) is 4.03. The fraction of sp³-hybridized carbons (Fsp3) is 0.250. The van der Waals surface area contributed by atoms with Crippen LogP contribution in [0.25, 0.3) is 0 Å². The van der Waals surface area contributed by atoms with E-state index >= 15 is 0 Å². The van der Waals surface area contributed by atoms with Gasteiger partial charge in [-0.15, -0.1) is 0 Å². The number of amides is 2. The van der Waals surface area contributed by atoms with Gasteiger partial charge in [-0.2, -0.15) is 0 Å². The maximum Gasteiger partial charge on any atom is 0.326 e. The van der Waals surface area contributed by atoms with E-state index in [1.807, 2.05) is 98.8 Å². The van der Waals surface area contributed by atoms with E-state index in [-0.39, 0.29) is 18.2 Å². The molecule has 1 aromatic heterocycles. The van der Waals surface area contributed by atoms with Crippen molar-refractivity contribution < 1.29 is 19.5 Å². The first-order chi connectivity index (χ1) is 21.7. The SMILES string of the molecule is CCc1cccc(C)c1C(=S)NC(Cc1ccc(N2C(=O)C(Cc3cccnc3)N(C(C)=O)C2c2ccccc2)cc1)C(=O)O. The van der Waals surface area contributed by atoms with Gasteiger partial charge < -0.3 is 15.3 Å². The number of pyridine rings is 1. The van der Waals surface area contributed by atoms with Gasteiger partial charge in [-0.3, -0.25) is 19.5 Å². The van der Waals surface area contributed by atoms with Crippen molar-refractivity contribution in [1.29, 1.82) is 0 Å². The van der Waals surface area contributed by atoms with Gasteiger partial charge in [0.05, 0.1) is 0 Å². The molecule has 0 aliphatic carbocycles. The second-order valence-electron chi connectivity index (χ2n) is 11.2. The van der Waals surface area contributed by atoms with Gasteiger partial charge >= 0.3 is 5.97 Å². The van der Waals surface area contributed by atoms with Gasteiger partial charge in [0, 0.05) is 43.4 Å². The van der Waals surface area contributed by atoms with Crippen molar-refractivity contribution in [3.8, 4) is 0 Å². The number of anilines is 1. The number of carbonyl (C=O) groups is 3. The molecule has 0 radical (unpaired) electrons. The molecule has 9 heteroatoms. The van der Waals surface area contributed by atoms with Crippen molar-refractivity contribution in [2.24, 2.45) is 0 Å². The zero-order valence-electron chi connectivity index (χ0n) is 25.5. The molecule has 3 aromatic carbocycles. The van der Waals surface area contributed by atoms with Crippen LogP contribution >= 0.6 is 12.2 Å². The number of carboxylic acids is 1. The molecule has 4 aromatic rings. The molecule has 8 nitrogen and oxygen atoms in total. The van der Waals surface area contributed by atoms with Crippen molar-refractivity contribution in [2.75, 3.05) is 4.90 Å². The van der Waals surface area contributed by atoms with Crippen LogP contribution in [0.3, 0.4) is 0 Å². The lowest BCUT2D eigenvalue weighted by Crippen LogP contribution is -2.42. The second kappa shape index (κ2) is 13.8. The molecule has 2 amide bonds. The summed E-state index contributed by atoms with van der Waals surface area (Å²) < 4.78 is 0. The highest BCUT2D eigenvalue weighted by molar-refractivity contribution is 7.80. The van der Waals surface area contributed by atoms with Gasteiger partial charge in [0.2, 0.25) is 5.91 Å². The van der Waals surface area contributed by atoms with Crippen LogP contribution in [0.4, 0.5) is 5.69 Å². The molecule has 3 unspecified atom stereocenters. The van der Waals surface area contributed by atoms with E-state index in [2.05, 4.69) is 10.3 Å². The number of thiocarbonyl (C=S) groups is 1. The van der Waals surface area contributed by atoms with Gasteiger partial charge in [0.15, 0.2) is 0 Å². The van der Waals surface area contributed by atoms with Crippen LogP contribution in [0.2, 0.25) is 0 Å². The Kier molecular flexibility index (Phi) is 9.68. The second-order valence-corrected chi connectivity index (χ2v) is 11.6. The molecule has 1 saturated heterocycles. The van der Waals surface area contributed by atoms with Gasteiger partial charge in [0.1, 0.15) is 23.2 Å². The number of hydrogen-bond acceptors (Lipinski definition) is 5. The van der Waals surface area contributed by atoms with E-state index < -0.39 is 24.2 Å². The number of nitrogens with zero attached hydrogens (tertiary/aromatic N) is 3. The van der Waals surface area contributed by atoms with E-state index in [1.165, 1.54) is 6.92 Å². The Hall–Kier alpha value is -4.89. The van der Waals surface area contributed by atoms with Crippen LogP contribution in [0, 0.1) is 6.92 Å². The summed E-state index contributed by atoms with van der Waals surface area (Å²) in [6, 6.07) is 24.7. The van der Waals surface area contributed by atoms with Gasteiger partial charge in [-0.25, -0.2) is 4.79 Å². The molecule has 230 valence electrons. The largest absolute Gasteiger partial charge is 0.480 e. The summed E-state index contributed by atoms with van der Waals surface area (Å²) in [6.45, 7) is 5.49. The third-order valence-electron chi connectivity index (χ3n) is 8.20. The Morgan fingerprint density at radius 2 is 1.71 bits per heavy atom. The van der Waals surface area contributed by atoms with Gasteiger partial charge in [-0.05, 0) is 59.4 Å². The third-order valence-corrected chi connectivity index (χ3v) is 8.53. The van der Waals surface area contributed by atoms with Crippen LogP contribution in [-0.2, 0) is 33.6 Å². The molecule has 45 heavy (non-hydrogen) atoms. The van der Waals surface area contributed by atoms with Crippen LogP contribution in [0.15, 0.2) is 97.3 Å². The quantitative estimate of drug-likeness (QED) is 0.228.